The van der Waals surface area contributed by atoms with Crippen LogP contribution in [-0.4, -0.2) is 26.1 Å². The van der Waals surface area contributed by atoms with E-state index in [2.05, 4.69) is 46.3 Å². The molecule has 0 saturated carbocycles. The SMILES string of the molecule is CC(C)c1ccc(/C=N/n2c(-c3cccnc3)n[nH]c2=S)cc1. The molecule has 3 aromatic rings. The molecule has 1 N–H and O–H groups in total. The lowest BCUT2D eigenvalue weighted by atomic mass is 10.0. The van der Waals surface area contributed by atoms with Gasteiger partial charge in [-0.15, -0.1) is 0 Å². The maximum absolute atomic E-state index is 5.25. The molecule has 0 radical (unpaired) electrons. The van der Waals surface area contributed by atoms with Gasteiger partial charge in [0, 0.05) is 18.0 Å². The van der Waals surface area contributed by atoms with Crippen LogP contribution in [0.3, 0.4) is 0 Å². The number of hydrogen-bond acceptors (Lipinski definition) is 4. The number of aromatic amines is 1. The highest BCUT2D eigenvalue weighted by molar-refractivity contribution is 7.71. The van der Waals surface area contributed by atoms with Crippen LogP contribution in [0.4, 0.5) is 0 Å². The summed E-state index contributed by atoms with van der Waals surface area (Å²) in [5, 5.41) is 11.5. The third-order valence-electron chi connectivity index (χ3n) is 3.50. The van der Waals surface area contributed by atoms with E-state index in [0.717, 1.165) is 11.1 Å². The van der Waals surface area contributed by atoms with Crippen molar-refractivity contribution in [2.75, 3.05) is 0 Å². The quantitative estimate of drug-likeness (QED) is 0.583. The first-order valence-corrected chi connectivity index (χ1v) is 7.78. The number of rotatable bonds is 4. The Morgan fingerprint density at radius 2 is 2.00 bits per heavy atom. The van der Waals surface area contributed by atoms with Gasteiger partial charge in [0.25, 0.3) is 0 Å². The minimum atomic E-state index is 0.443. The largest absolute Gasteiger partial charge is 0.264 e. The molecule has 0 aliphatic heterocycles. The maximum Gasteiger partial charge on any atom is 0.216 e. The number of nitrogens with zero attached hydrogens (tertiary/aromatic N) is 4. The molecule has 0 amide bonds. The second kappa shape index (κ2) is 6.66. The van der Waals surface area contributed by atoms with E-state index in [1.807, 2.05) is 24.3 Å². The van der Waals surface area contributed by atoms with Crippen molar-refractivity contribution in [2.45, 2.75) is 19.8 Å². The fourth-order valence-corrected chi connectivity index (χ4v) is 2.35. The predicted molar refractivity (Wildman–Crippen MR) is 94.2 cm³/mol. The van der Waals surface area contributed by atoms with Gasteiger partial charge in [0.05, 0.1) is 6.21 Å². The van der Waals surface area contributed by atoms with Crippen LogP contribution in [0.5, 0.6) is 0 Å². The van der Waals surface area contributed by atoms with Gasteiger partial charge < -0.3 is 0 Å². The molecular formula is C17H17N5S. The monoisotopic (exact) mass is 323 g/mol. The average molecular weight is 323 g/mol. The summed E-state index contributed by atoms with van der Waals surface area (Å²) in [6, 6.07) is 12.1. The standard InChI is InChI=1S/C17H17N5S/c1-12(2)14-7-5-13(6-8-14)10-19-22-16(20-21-17(22)23)15-4-3-9-18-11-15/h3-12H,1-2H3,(H,21,23)/b19-10+. The average Bonchev–Trinajstić information content (AvgIpc) is 2.95. The van der Waals surface area contributed by atoms with Gasteiger partial charge in [-0.1, -0.05) is 38.1 Å². The molecular weight excluding hydrogens is 306 g/mol. The van der Waals surface area contributed by atoms with E-state index in [9.17, 15) is 0 Å². The number of hydrogen-bond donors (Lipinski definition) is 1. The number of nitrogens with one attached hydrogen (secondary N) is 1. The smallest absolute Gasteiger partial charge is 0.216 e. The molecule has 0 spiro atoms. The van der Waals surface area contributed by atoms with Crippen LogP contribution >= 0.6 is 12.2 Å². The number of pyridine rings is 1. The molecule has 0 saturated heterocycles. The molecule has 0 aliphatic carbocycles. The van der Waals surface area contributed by atoms with Gasteiger partial charge >= 0.3 is 0 Å². The molecule has 3 rings (SSSR count). The second-order valence-electron chi connectivity index (χ2n) is 5.47. The molecule has 116 valence electrons. The summed E-state index contributed by atoms with van der Waals surface area (Å²) in [5.74, 6) is 1.15. The highest BCUT2D eigenvalue weighted by Gasteiger charge is 2.07. The van der Waals surface area contributed by atoms with Gasteiger partial charge in [-0.3, -0.25) is 4.98 Å². The molecule has 2 heterocycles. The fraction of sp³-hybridized carbons (Fsp3) is 0.176. The van der Waals surface area contributed by atoms with Gasteiger partial charge in [-0.25, -0.2) is 5.10 Å². The first-order valence-electron chi connectivity index (χ1n) is 7.37. The third-order valence-corrected chi connectivity index (χ3v) is 3.76. The molecule has 0 atom stereocenters. The van der Waals surface area contributed by atoms with E-state index >= 15 is 0 Å². The Balaban J connectivity index is 1.91. The van der Waals surface area contributed by atoms with Gasteiger partial charge in [-0.05, 0) is 41.4 Å². The molecule has 6 heteroatoms. The van der Waals surface area contributed by atoms with E-state index in [-0.39, 0.29) is 0 Å². The summed E-state index contributed by atoms with van der Waals surface area (Å²) >= 11 is 5.25. The second-order valence-corrected chi connectivity index (χ2v) is 5.86. The topological polar surface area (TPSA) is 58.9 Å². The van der Waals surface area contributed by atoms with Crippen molar-refractivity contribution in [1.82, 2.24) is 19.9 Å². The van der Waals surface area contributed by atoms with E-state index in [1.165, 1.54) is 5.56 Å². The van der Waals surface area contributed by atoms with Crippen LogP contribution in [0.1, 0.15) is 30.9 Å². The van der Waals surface area contributed by atoms with Crippen LogP contribution in [0.15, 0.2) is 53.9 Å². The van der Waals surface area contributed by atoms with Gasteiger partial charge in [-0.2, -0.15) is 14.9 Å². The minimum Gasteiger partial charge on any atom is -0.264 e. The first kappa shape index (κ1) is 15.3. The van der Waals surface area contributed by atoms with Crippen molar-refractivity contribution >= 4 is 18.4 Å². The number of aromatic nitrogens is 4. The molecule has 0 aliphatic rings. The molecule has 23 heavy (non-hydrogen) atoms. The zero-order chi connectivity index (χ0) is 16.2. The van der Waals surface area contributed by atoms with Crippen LogP contribution in [0.2, 0.25) is 0 Å². The van der Waals surface area contributed by atoms with Crippen molar-refractivity contribution in [2.24, 2.45) is 5.10 Å². The zero-order valence-electron chi connectivity index (χ0n) is 13.0. The van der Waals surface area contributed by atoms with Crippen LogP contribution in [0.25, 0.3) is 11.4 Å². The van der Waals surface area contributed by atoms with Crippen molar-refractivity contribution < 1.29 is 0 Å². The lowest BCUT2D eigenvalue weighted by Crippen LogP contribution is -1.95. The van der Waals surface area contributed by atoms with Crippen LogP contribution in [-0.2, 0) is 0 Å². The molecule has 2 aromatic heterocycles. The number of H-pyrrole nitrogens is 1. The summed E-state index contributed by atoms with van der Waals surface area (Å²) in [7, 11) is 0. The van der Waals surface area contributed by atoms with Crippen molar-refractivity contribution in [1.29, 1.82) is 0 Å². The van der Waals surface area contributed by atoms with Gasteiger partial charge in [0.15, 0.2) is 5.82 Å². The summed E-state index contributed by atoms with van der Waals surface area (Å²) in [5.41, 5.74) is 3.17. The van der Waals surface area contributed by atoms with Crippen LogP contribution < -0.4 is 0 Å². The Hall–Kier alpha value is -2.60. The molecule has 0 fully saturated rings. The Bertz CT molecular complexity index is 860. The Morgan fingerprint density at radius 1 is 1.22 bits per heavy atom. The molecule has 0 unspecified atom stereocenters. The Labute approximate surface area is 139 Å². The Kier molecular flexibility index (Phi) is 4.43. The minimum absolute atomic E-state index is 0.443. The highest BCUT2D eigenvalue weighted by atomic mass is 32.1. The highest BCUT2D eigenvalue weighted by Crippen LogP contribution is 2.16. The Morgan fingerprint density at radius 3 is 2.65 bits per heavy atom. The van der Waals surface area contributed by atoms with Gasteiger partial charge in [0.2, 0.25) is 4.77 Å². The number of benzene rings is 1. The van der Waals surface area contributed by atoms with Gasteiger partial charge in [0.1, 0.15) is 0 Å². The van der Waals surface area contributed by atoms with Crippen molar-refractivity contribution in [3.05, 3.63) is 64.7 Å². The molecule has 1 aromatic carbocycles. The summed E-state index contributed by atoms with van der Waals surface area (Å²) in [6.45, 7) is 4.35. The third kappa shape index (κ3) is 3.43. The summed E-state index contributed by atoms with van der Waals surface area (Å²) in [6.07, 6.45) is 5.22. The molecule has 0 bridgehead atoms. The lowest BCUT2D eigenvalue weighted by molar-refractivity contribution is 0.865. The van der Waals surface area contributed by atoms with Crippen molar-refractivity contribution in [3.8, 4) is 11.4 Å². The van der Waals surface area contributed by atoms with E-state index < -0.39 is 0 Å². The van der Waals surface area contributed by atoms with E-state index in [0.29, 0.717) is 16.5 Å². The predicted octanol–water partition coefficient (Wildman–Crippen LogP) is 4.01. The van der Waals surface area contributed by atoms with Crippen LogP contribution in [0, 0.1) is 4.77 Å². The zero-order valence-corrected chi connectivity index (χ0v) is 13.8. The summed E-state index contributed by atoms with van der Waals surface area (Å²) in [4.78, 5) is 4.10. The van der Waals surface area contributed by atoms with E-state index in [4.69, 9.17) is 12.2 Å². The van der Waals surface area contributed by atoms with E-state index in [1.54, 1.807) is 23.3 Å². The van der Waals surface area contributed by atoms with Crippen molar-refractivity contribution in [3.63, 3.8) is 0 Å². The maximum atomic E-state index is 5.25. The normalized spacial score (nSPS) is 11.4. The summed E-state index contributed by atoms with van der Waals surface area (Å²) < 4.78 is 2.04. The molecule has 5 nitrogen and oxygen atoms in total. The lowest BCUT2D eigenvalue weighted by Gasteiger charge is -2.04. The first-order chi connectivity index (χ1) is 11.1. The fourth-order valence-electron chi connectivity index (χ4n) is 2.17.